The Hall–Kier alpha value is -2.90. The second-order valence-corrected chi connectivity index (χ2v) is 13.0. The number of sulfonamides is 1. The van der Waals surface area contributed by atoms with Crippen LogP contribution in [0.25, 0.3) is 0 Å². The number of piperidine rings is 1. The molecule has 0 radical (unpaired) electrons. The van der Waals surface area contributed by atoms with E-state index < -0.39 is 33.0 Å². The number of carboxylic acids is 1. The summed E-state index contributed by atoms with van der Waals surface area (Å²) in [7, 11) is -3.51. The lowest BCUT2D eigenvalue weighted by molar-refractivity contribution is -0.137. The van der Waals surface area contributed by atoms with Gasteiger partial charge < -0.3 is 19.8 Å². The summed E-state index contributed by atoms with van der Waals surface area (Å²) in [5, 5.41) is 8.62. The molecule has 0 bridgehead atoms. The average Bonchev–Trinajstić information content (AvgIpc) is 3.43. The van der Waals surface area contributed by atoms with Crippen molar-refractivity contribution in [3.8, 4) is 0 Å². The minimum Gasteiger partial charge on any atom is -0.478 e. The number of piperazine rings is 1. The van der Waals surface area contributed by atoms with Crippen molar-refractivity contribution in [1.82, 2.24) is 14.2 Å². The standard InChI is InChI=1S/C27H34F3N5O4S/c28-27(29,30)22-5-9-31-25(17-22)34-13-15-35(16-14-34)40(38,39)24-8-10-32(19-24)18-20-6-11-33(12-7-20)23-3-1-21(2-4-23)26(36)37/h1-5,9,17,20,24H,6-8,10-16,18-19H2,(H,36,37). The molecule has 9 nitrogen and oxygen atoms in total. The molecule has 0 saturated carbocycles. The van der Waals surface area contributed by atoms with Gasteiger partial charge in [-0.1, -0.05) is 0 Å². The third kappa shape index (κ3) is 6.36. The number of likely N-dealkylation sites (tertiary alicyclic amines) is 1. The summed E-state index contributed by atoms with van der Waals surface area (Å²) in [4.78, 5) is 21.4. The van der Waals surface area contributed by atoms with Crippen LogP contribution >= 0.6 is 0 Å². The van der Waals surface area contributed by atoms with Crippen LogP contribution in [0.5, 0.6) is 0 Å². The highest BCUT2D eigenvalue weighted by Gasteiger charge is 2.39. The van der Waals surface area contributed by atoms with Gasteiger partial charge in [-0.25, -0.2) is 18.2 Å². The number of hydrogen-bond acceptors (Lipinski definition) is 7. The van der Waals surface area contributed by atoms with E-state index in [1.807, 2.05) is 12.1 Å². The van der Waals surface area contributed by atoms with Crippen molar-refractivity contribution in [2.45, 2.75) is 30.7 Å². The molecule has 3 saturated heterocycles. The predicted octanol–water partition coefficient (Wildman–Crippen LogP) is 3.24. The summed E-state index contributed by atoms with van der Waals surface area (Å²) < 4.78 is 67.5. The van der Waals surface area contributed by atoms with Gasteiger partial charge in [0, 0.05) is 64.2 Å². The van der Waals surface area contributed by atoms with Crippen LogP contribution in [-0.2, 0) is 16.2 Å². The van der Waals surface area contributed by atoms with Gasteiger partial charge in [-0.3, -0.25) is 0 Å². The molecule has 40 heavy (non-hydrogen) atoms. The normalized spacial score (nSPS) is 22.1. The fourth-order valence-electron chi connectivity index (χ4n) is 5.91. The smallest absolute Gasteiger partial charge is 0.416 e. The molecular weight excluding hydrogens is 547 g/mol. The van der Waals surface area contributed by atoms with Gasteiger partial charge in [0.05, 0.1) is 16.4 Å². The van der Waals surface area contributed by atoms with Crippen molar-refractivity contribution in [3.63, 3.8) is 0 Å². The summed E-state index contributed by atoms with van der Waals surface area (Å²) >= 11 is 0. The van der Waals surface area contributed by atoms with E-state index in [0.717, 1.165) is 63.0 Å². The molecule has 1 unspecified atom stereocenters. The number of halogens is 3. The summed E-state index contributed by atoms with van der Waals surface area (Å²) in [5.41, 5.74) is 0.519. The zero-order chi connectivity index (χ0) is 28.5. The Morgan fingerprint density at radius 1 is 0.925 bits per heavy atom. The largest absolute Gasteiger partial charge is 0.478 e. The Kier molecular flexibility index (Phi) is 8.25. The van der Waals surface area contributed by atoms with Gasteiger partial charge in [-0.2, -0.15) is 17.5 Å². The number of benzene rings is 1. The number of alkyl halides is 3. The first-order valence-electron chi connectivity index (χ1n) is 13.6. The molecular formula is C27H34F3N5O4S. The van der Waals surface area contributed by atoms with E-state index in [1.165, 1.54) is 4.31 Å². The molecule has 3 aliphatic rings. The van der Waals surface area contributed by atoms with Gasteiger partial charge in [-0.15, -0.1) is 0 Å². The predicted molar refractivity (Wildman–Crippen MR) is 145 cm³/mol. The Balaban J connectivity index is 1.09. The van der Waals surface area contributed by atoms with Crippen molar-refractivity contribution in [2.75, 3.05) is 68.7 Å². The van der Waals surface area contributed by atoms with E-state index in [2.05, 4.69) is 14.8 Å². The molecule has 0 amide bonds. The van der Waals surface area contributed by atoms with Crippen molar-refractivity contribution >= 4 is 27.5 Å². The Morgan fingerprint density at radius 2 is 1.60 bits per heavy atom. The molecule has 0 aliphatic carbocycles. The topological polar surface area (TPSA) is 97.3 Å². The van der Waals surface area contributed by atoms with Crippen molar-refractivity contribution < 1.29 is 31.5 Å². The Morgan fingerprint density at radius 3 is 2.23 bits per heavy atom. The van der Waals surface area contributed by atoms with Gasteiger partial charge in [0.1, 0.15) is 5.82 Å². The number of pyridine rings is 1. The number of hydrogen-bond donors (Lipinski definition) is 1. The minimum atomic E-state index is -4.45. The first kappa shape index (κ1) is 28.6. The maximum atomic E-state index is 13.4. The lowest BCUT2D eigenvalue weighted by Gasteiger charge is -2.36. The average molecular weight is 582 g/mol. The second-order valence-electron chi connectivity index (χ2n) is 10.8. The number of carbonyl (C=O) groups is 1. The molecule has 1 aromatic heterocycles. The van der Waals surface area contributed by atoms with Gasteiger partial charge in [0.15, 0.2) is 0 Å². The molecule has 3 fully saturated rings. The highest BCUT2D eigenvalue weighted by atomic mass is 32.2. The molecule has 0 spiro atoms. The first-order valence-corrected chi connectivity index (χ1v) is 15.1. The lowest BCUT2D eigenvalue weighted by Crippen LogP contribution is -2.51. The molecule has 13 heteroatoms. The molecule has 4 heterocycles. The van der Waals surface area contributed by atoms with E-state index in [-0.39, 0.29) is 24.5 Å². The second kappa shape index (κ2) is 11.5. The van der Waals surface area contributed by atoms with Crippen LogP contribution in [0.15, 0.2) is 42.6 Å². The van der Waals surface area contributed by atoms with E-state index >= 15 is 0 Å². The van der Waals surface area contributed by atoms with Gasteiger partial charge in [-0.05, 0) is 68.1 Å². The summed E-state index contributed by atoms with van der Waals surface area (Å²) in [5.74, 6) is -0.257. The molecule has 1 atom stereocenters. The van der Waals surface area contributed by atoms with E-state index in [0.29, 0.717) is 32.0 Å². The van der Waals surface area contributed by atoms with Gasteiger partial charge >= 0.3 is 12.1 Å². The van der Waals surface area contributed by atoms with Crippen molar-refractivity contribution in [1.29, 1.82) is 0 Å². The van der Waals surface area contributed by atoms with Crippen LogP contribution in [0.2, 0.25) is 0 Å². The van der Waals surface area contributed by atoms with Crippen LogP contribution < -0.4 is 9.80 Å². The SMILES string of the molecule is O=C(O)c1ccc(N2CCC(CN3CCC(S(=O)(=O)N4CCN(c5cc(C(F)(F)F)ccn5)CC4)C3)CC2)cc1. The van der Waals surface area contributed by atoms with Gasteiger partial charge in [0.25, 0.3) is 0 Å². The zero-order valence-electron chi connectivity index (χ0n) is 22.1. The molecule has 1 aromatic carbocycles. The van der Waals surface area contributed by atoms with Crippen LogP contribution in [0, 0.1) is 5.92 Å². The van der Waals surface area contributed by atoms with E-state index in [9.17, 15) is 26.4 Å². The Labute approximate surface area is 232 Å². The van der Waals surface area contributed by atoms with Crippen molar-refractivity contribution in [3.05, 3.63) is 53.7 Å². The zero-order valence-corrected chi connectivity index (χ0v) is 22.9. The van der Waals surface area contributed by atoms with Crippen LogP contribution in [0.4, 0.5) is 24.7 Å². The number of aromatic carboxylic acids is 1. The first-order chi connectivity index (χ1) is 19.0. The third-order valence-corrected chi connectivity index (χ3v) is 10.6. The molecule has 3 aliphatic heterocycles. The maximum Gasteiger partial charge on any atom is 0.416 e. The number of aromatic nitrogens is 1. The third-order valence-electron chi connectivity index (χ3n) is 8.26. The number of rotatable bonds is 7. The van der Waals surface area contributed by atoms with Crippen LogP contribution in [0.1, 0.15) is 35.2 Å². The highest BCUT2D eigenvalue weighted by molar-refractivity contribution is 7.89. The summed E-state index contributed by atoms with van der Waals surface area (Å²) in [6.45, 7) is 4.86. The number of carboxylic acid groups (broad SMARTS) is 1. The molecule has 2 aromatic rings. The summed E-state index contributed by atoms with van der Waals surface area (Å²) in [6.07, 6.45) is -0.770. The monoisotopic (exact) mass is 581 g/mol. The van der Waals surface area contributed by atoms with Crippen molar-refractivity contribution in [2.24, 2.45) is 5.92 Å². The fraction of sp³-hybridized carbons (Fsp3) is 0.556. The summed E-state index contributed by atoms with van der Waals surface area (Å²) in [6, 6.07) is 8.87. The van der Waals surface area contributed by atoms with Crippen LogP contribution in [-0.4, -0.2) is 97.8 Å². The highest BCUT2D eigenvalue weighted by Crippen LogP contribution is 2.32. The Bertz CT molecular complexity index is 1290. The quantitative estimate of drug-likeness (QED) is 0.533. The number of nitrogens with zero attached hydrogens (tertiary/aromatic N) is 5. The van der Waals surface area contributed by atoms with E-state index in [1.54, 1.807) is 17.0 Å². The fourth-order valence-corrected chi connectivity index (χ4v) is 7.81. The lowest BCUT2D eigenvalue weighted by atomic mass is 9.96. The maximum absolute atomic E-state index is 13.4. The molecule has 1 N–H and O–H groups in total. The van der Waals surface area contributed by atoms with Crippen LogP contribution in [0.3, 0.4) is 0 Å². The molecule has 218 valence electrons. The minimum absolute atomic E-state index is 0.210. The van der Waals surface area contributed by atoms with E-state index in [4.69, 9.17) is 5.11 Å². The molecule has 5 rings (SSSR count). The van der Waals surface area contributed by atoms with Gasteiger partial charge in [0.2, 0.25) is 10.0 Å². The number of anilines is 2.